The summed E-state index contributed by atoms with van der Waals surface area (Å²) in [5.74, 6) is 2.36. The lowest BCUT2D eigenvalue weighted by Gasteiger charge is -2.12. The zero-order valence-corrected chi connectivity index (χ0v) is 14.3. The van der Waals surface area contributed by atoms with Crippen LogP contribution in [-0.2, 0) is 13.2 Å². The van der Waals surface area contributed by atoms with E-state index in [2.05, 4.69) is 22.5 Å². The minimum Gasteiger partial charge on any atom is -0.493 e. The molecule has 24 heavy (non-hydrogen) atoms. The summed E-state index contributed by atoms with van der Waals surface area (Å²) >= 11 is 0. The molecule has 2 aromatic carbocycles. The van der Waals surface area contributed by atoms with Gasteiger partial charge >= 0.3 is 0 Å². The Kier molecular flexibility index (Phi) is 4.85. The van der Waals surface area contributed by atoms with Gasteiger partial charge in [0.05, 0.1) is 18.1 Å². The summed E-state index contributed by atoms with van der Waals surface area (Å²) in [5.41, 5.74) is 3.21. The second-order valence-corrected chi connectivity index (χ2v) is 5.46. The lowest BCUT2D eigenvalue weighted by atomic mass is 10.2. The van der Waals surface area contributed by atoms with Crippen LogP contribution in [0.3, 0.4) is 0 Å². The molecule has 0 aliphatic rings. The van der Waals surface area contributed by atoms with Gasteiger partial charge in [-0.25, -0.2) is 4.98 Å². The SMILES string of the molecule is C/C=C\c1ccc(OCc2nc3ccccc3n2CC)c(OC)c1. The molecule has 1 heterocycles. The summed E-state index contributed by atoms with van der Waals surface area (Å²) in [4.78, 5) is 4.69. The molecule has 0 spiro atoms. The van der Waals surface area contributed by atoms with Crippen LogP contribution in [0.15, 0.2) is 48.5 Å². The number of aryl methyl sites for hydroxylation is 1. The van der Waals surface area contributed by atoms with Crippen molar-refractivity contribution in [1.29, 1.82) is 0 Å². The molecular formula is C20H22N2O2. The number of nitrogens with zero attached hydrogens (tertiary/aromatic N) is 2. The van der Waals surface area contributed by atoms with Crippen LogP contribution >= 0.6 is 0 Å². The van der Waals surface area contributed by atoms with Gasteiger partial charge in [-0.1, -0.05) is 30.4 Å². The van der Waals surface area contributed by atoms with Crippen molar-refractivity contribution in [2.75, 3.05) is 7.11 Å². The molecule has 0 aliphatic heterocycles. The number of fused-ring (bicyclic) bond motifs is 1. The molecule has 3 rings (SSSR count). The predicted octanol–water partition coefficient (Wildman–Crippen LogP) is 4.68. The largest absolute Gasteiger partial charge is 0.493 e. The number of allylic oxidation sites excluding steroid dienone is 1. The maximum absolute atomic E-state index is 5.99. The number of para-hydroxylation sites is 2. The minimum absolute atomic E-state index is 0.405. The fraction of sp³-hybridized carbons (Fsp3) is 0.250. The fourth-order valence-electron chi connectivity index (χ4n) is 2.83. The van der Waals surface area contributed by atoms with Crippen LogP contribution in [0.4, 0.5) is 0 Å². The Bertz CT molecular complexity index is 865. The van der Waals surface area contributed by atoms with E-state index in [-0.39, 0.29) is 0 Å². The van der Waals surface area contributed by atoms with Gasteiger partial charge in [-0.3, -0.25) is 0 Å². The Hall–Kier alpha value is -2.75. The highest BCUT2D eigenvalue weighted by molar-refractivity contribution is 5.75. The first-order valence-corrected chi connectivity index (χ1v) is 8.14. The Balaban J connectivity index is 1.86. The van der Waals surface area contributed by atoms with E-state index in [1.165, 1.54) is 0 Å². The summed E-state index contributed by atoms with van der Waals surface area (Å²) in [5, 5.41) is 0. The first-order chi connectivity index (χ1) is 11.8. The maximum atomic E-state index is 5.99. The third-order valence-corrected chi connectivity index (χ3v) is 3.95. The van der Waals surface area contributed by atoms with E-state index in [1.54, 1.807) is 7.11 Å². The van der Waals surface area contributed by atoms with Crippen molar-refractivity contribution in [2.45, 2.75) is 27.0 Å². The number of methoxy groups -OCH3 is 1. The molecule has 0 amide bonds. The van der Waals surface area contributed by atoms with Crippen LogP contribution in [0.2, 0.25) is 0 Å². The zero-order chi connectivity index (χ0) is 16.9. The van der Waals surface area contributed by atoms with Crippen LogP contribution in [-0.4, -0.2) is 16.7 Å². The lowest BCUT2D eigenvalue weighted by Crippen LogP contribution is -2.06. The Morgan fingerprint density at radius 2 is 1.96 bits per heavy atom. The number of benzene rings is 2. The molecule has 0 saturated carbocycles. The molecule has 3 aromatic rings. The van der Waals surface area contributed by atoms with Crippen LogP contribution < -0.4 is 9.47 Å². The highest BCUT2D eigenvalue weighted by atomic mass is 16.5. The second kappa shape index (κ2) is 7.21. The van der Waals surface area contributed by atoms with E-state index in [1.807, 2.05) is 55.5 Å². The van der Waals surface area contributed by atoms with Crippen LogP contribution in [0.25, 0.3) is 17.1 Å². The van der Waals surface area contributed by atoms with Crippen molar-refractivity contribution in [3.05, 3.63) is 59.9 Å². The van der Waals surface area contributed by atoms with Crippen molar-refractivity contribution in [3.8, 4) is 11.5 Å². The van der Waals surface area contributed by atoms with Crippen LogP contribution in [0, 0.1) is 0 Å². The highest BCUT2D eigenvalue weighted by Gasteiger charge is 2.11. The Labute approximate surface area is 142 Å². The zero-order valence-electron chi connectivity index (χ0n) is 14.3. The van der Waals surface area contributed by atoms with E-state index in [0.717, 1.165) is 40.5 Å². The third kappa shape index (κ3) is 3.13. The number of aromatic nitrogens is 2. The van der Waals surface area contributed by atoms with E-state index < -0.39 is 0 Å². The van der Waals surface area contributed by atoms with Crippen molar-refractivity contribution in [2.24, 2.45) is 0 Å². The quantitative estimate of drug-likeness (QED) is 0.661. The second-order valence-electron chi connectivity index (χ2n) is 5.46. The van der Waals surface area contributed by atoms with Crippen molar-refractivity contribution < 1.29 is 9.47 Å². The topological polar surface area (TPSA) is 36.3 Å². The van der Waals surface area contributed by atoms with E-state index in [4.69, 9.17) is 9.47 Å². The molecular weight excluding hydrogens is 300 g/mol. The molecule has 0 radical (unpaired) electrons. The minimum atomic E-state index is 0.405. The number of imidazole rings is 1. The van der Waals surface area contributed by atoms with Gasteiger partial charge < -0.3 is 14.0 Å². The van der Waals surface area contributed by atoms with E-state index in [0.29, 0.717) is 6.61 Å². The Morgan fingerprint density at radius 3 is 2.71 bits per heavy atom. The third-order valence-electron chi connectivity index (χ3n) is 3.95. The van der Waals surface area contributed by atoms with Gasteiger partial charge in [-0.05, 0) is 43.7 Å². The molecule has 124 valence electrons. The Morgan fingerprint density at radius 1 is 1.12 bits per heavy atom. The highest BCUT2D eigenvalue weighted by Crippen LogP contribution is 2.29. The normalized spacial score (nSPS) is 11.3. The predicted molar refractivity (Wildman–Crippen MR) is 97.4 cm³/mol. The average molecular weight is 322 g/mol. The van der Waals surface area contributed by atoms with Crippen LogP contribution in [0.1, 0.15) is 25.2 Å². The van der Waals surface area contributed by atoms with E-state index >= 15 is 0 Å². The van der Waals surface area contributed by atoms with Gasteiger partial charge in [-0.2, -0.15) is 0 Å². The van der Waals surface area contributed by atoms with Gasteiger partial charge in [0, 0.05) is 6.54 Å². The summed E-state index contributed by atoms with van der Waals surface area (Å²) in [6, 6.07) is 14.1. The van der Waals surface area contributed by atoms with Crippen molar-refractivity contribution in [3.63, 3.8) is 0 Å². The molecule has 1 aromatic heterocycles. The monoisotopic (exact) mass is 322 g/mol. The number of hydrogen-bond donors (Lipinski definition) is 0. The maximum Gasteiger partial charge on any atom is 0.161 e. The smallest absolute Gasteiger partial charge is 0.161 e. The summed E-state index contributed by atoms with van der Waals surface area (Å²) in [6.45, 7) is 5.37. The van der Waals surface area contributed by atoms with Gasteiger partial charge in [0.25, 0.3) is 0 Å². The molecule has 0 bridgehead atoms. The number of rotatable bonds is 6. The summed E-state index contributed by atoms with van der Waals surface area (Å²) in [6.07, 6.45) is 4.03. The molecule has 4 nitrogen and oxygen atoms in total. The number of ether oxygens (including phenoxy) is 2. The molecule has 4 heteroatoms. The molecule has 0 unspecified atom stereocenters. The van der Waals surface area contributed by atoms with Gasteiger partial charge in [0.1, 0.15) is 12.4 Å². The van der Waals surface area contributed by atoms with Gasteiger partial charge in [0.15, 0.2) is 11.5 Å². The number of hydrogen-bond acceptors (Lipinski definition) is 3. The molecule has 0 atom stereocenters. The van der Waals surface area contributed by atoms with Crippen molar-refractivity contribution >= 4 is 17.1 Å². The molecule has 0 N–H and O–H groups in total. The summed E-state index contributed by atoms with van der Waals surface area (Å²) < 4.78 is 13.6. The first-order valence-electron chi connectivity index (χ1n) is 8.14. The standard InChI is InChI=1S/C20H22N2O2/c1-4-8-15-11-12-18(19(13-15)23-3)24-14-20-21-16-9-6-7-10-17(16)22(20)5-2/h4,6-13H,5,14H2,1-3H3/b8-4-. The molecule has 0 saturated heterocycles. The van der Waals surface area contributed by atoms with Crippen molar-refractivity contribution in [1.82, 2.24) is 9.55 Å². The van der Waals surface area contributed by atoms with E-state index in [9.17, 15) is 0 Å². The lowest BCUT2D eigenvalue weighted by molar-refractivity contribution is 0.272. The summed E-state index contributed by atoms with van der Waals surface area (Å²) in [7, 11) is 1.66. The average Bonchev–Trinajstić information content (AvgIpc) is 2.98. The fourth-order valence-corrected chi connectivity index (χ4v) is 2.83. The first kappa shape index (κ1) is 16.1. The van der Waals surface area contributed by atoms with Gasteiger partial charge in [0.2, 0.25) is 0 Å². The van der Waals surface area contributed by atoms with Gasteiger partial charge in [-0.15, -0.1) is 0 Å². The molecule has 0 aliphatic carbocycles. The van der Waals surface area contributed by atoms with Crippen LogP contribution in [0.5, 0.6) is 11.5 Å². The molecule has 0 fully saturated rings.